The number of aromatic nitrogens is 1. The van der Waals surface area contributed by atoms with Crippen molar-refractivity contribution in [1.29, 1.82) is 0 Å². The number of carbonyl (C=O) groups excluding carboxylic acids is 1. The molecule has 2 aromatic rings. The molecule has 0 aliphatic rings. The predicted octanol–water partition coefficient (Wildman–Crippen LogP) is 2.19. The van der Waals surface area contributed by atoms with Crippen LogP contribution in [0.15, 0.2) is 36.5 Å². The molecule has 18 heavy (non-hydrogen) atoms. The number of carbonyl (C=O) groups is 1. The molecule has 1 aromatic carbocycles. The highest BCUT2D eigenvalue weighted by atomic mass is 19.1. The van der Waals surface area contributed by atoms with Gasteiger partial charge < -0.3 is 11.1 Å². The van der Waals surface area contributed by atoms with Crippen LogP contribution in [0, 0.1) is 11.6 Å². The van der Waals surface area contributed by atoms with Crippen molar-refractivity contribution in [3.8, 4) is 0 Å². The zero-order valence-corrected chi connectivity index (χ0v) is 9.15. The van der Waals surface area contributed by atoms with Gasteiger partial charge in [0.05, 0.1) is 5.56 Å². The summed E-state index contributed by atoms with van der Waals surface area (Å²) in [5, 5.41) is 2.13. The van der Waals surface area contributed by atoms with Crippen LogP contribution in [0.4, 0.5) is 20.3 Å². The molecule has 1 amide bonds. The number of anilines is 2. The summed E-state index contributed by atoms with van der Waals surface area (Å²) in [6.45, 7) is 0. The Kier molecular flexibility index (Phi) is 3.18. The first-order valence-corrected chi connectivity index (χ1v) is 5.05. The molecule has 0 bridgehead atoms. The quantitative estimate of drug-likeness (QED) is 0.857. The highest BCUT2D eigenvalue weighted by Gasteiger charge is 2.15. The lowest BCUT2D eigenvalue weighted by atomic mass is 10.2. The highest BCUT2D eigenvalue weighted by Crippen LogP contribution is 2.19. The first kappa shape index (κ1) is 12.0. The molecular formula is C12H9F2N3O. The number of benzene rings is 1. The predicted molar refractivity (Wildman–Crippen MR) is 63.0 cm³/mol. The van der Waals surface area contributed by atoms with Crippen LogP contribution in [0.5, 0.6) is 0 Å². The molecule has 1 heterocycles. The Bertz CT molecular complexity index is 581. The van der Waals surface area contributed by atoms with Crippen molar-refractivity contribution in [2.75, 3.05) is 11.1 Å². The van der Waals surface area contributed by atoms with Gasteiger partial charge in [-0.25, -0.2) is 13.8 Å². The van der Waals surface area contributed by atoms with E-state index in [1.165, 1.54) is 24.4 Å². The normalized spacial score (nSPS) is 10.1. The molecule has 0 atom stereocenters. The van der Waals surface area contributed by atoms with Gasteiger partial charge in [-0.3, -0.25) is 4.79 Å². The number of nitrogens with two attached hydrogens (primary N) is 1. The minimum Gasteiger partial charge on any atom is -0.383 e. The Morgan fingerprint density at radius 1 is 1.17 bits per heavy atom. The maximum Gasteiger partial charge on any atom is 0.259 e. The van der Waals surface area contributed by atoms with E-state index in [0.717, 1.165) is 12.1 Å². The number of nitrogens with one attached hydrogen (secondary N) is 1. The van der Waals surface area contributed by atoms with Crippen LogP contribution in [-0.2, 0) is 0 Å². The number of nitrogen functional groups attached to an aromatic ring is 1. The Balaban J connectivity index is 2.30. The monoisotopic (exact) mass is 249 g/mol. The van der Waals surface area contributed by atoms with Gasteiger partial charge in [0.2, 0.25) is 0 Å². The molecule has 0 radical (unpaired) electrons. The number of hydrogen-bond donors (Lipinski definition) is 2. The fraction of sp³-hybridized carbons (Fsp3) is 0. The third-order valence-electron chi connectivity index (χ3n) is 2.28. The number of amides is 1. The highest BCUT2D eigenvalue weighted by molar-refractivity contribution is 6.07. The van der Waals surface area contributed by atoms with Crippen LogP contribution in [0.2, 0.25) is 0 Å². The maximum absolute atomic E-state index is 13.3. The lowest BCUT2D eigenvalue weighted by molar-refractivity contribution is 0.102. The number of para-hydroxylation sites is 1. The number of hydrogen-bond acceptors (Lipinski definition) is 3. The van der Waals surface area contributed by atoms with E-state index in [1.807, 2.05) is 0 Å². The third-order valence-corrected chi connectivity index (χ3v) is 2.28. The molecule has 0 spiro atoms. The van der Waals surface area contributed by atoms with E-state index in [4.69, 9.17) is 5.73 Å². The van der Waals surface area contributed by atoms with Crippen molar-refractivity contribution in [2.24, 2.45) is 0 Å². The van der Waals surface area contributed by atoms with E-state index in [2.05, 4.69) is 10.3 Å². The van der Waals surface area contributed by atoms with Gasteiger partial charge in [-0.05, 0) is 24.3 Å². The van der Waals surface area contributed by atoms with E-state index >= 15 is 0 Å². The van der Waals surface area contributed by atoms with Crippen molar-refractivity contribution in [1.82, 2.24) is 4.98 Å². The minimum absolute atomic E-state index is 0.00764. The zero-order chi connectivity index (χ0) is 13.1. The molecule has 0 saturated carbocycles. The van der Waals surface area contributed by atoms with Crippen molar-refractivity contribution < 1.29 is 13.6 Å². The fourth-order valence-corrected chi connectivity index (χ4v) is 1.41. The number of pyridine rings is 1. The summed E-state index contributed by atoms with van der Waals surface area (Å²) >= 11 is 0. The summed E-state index contributed by atoms with van der Waals surface area (Å²) in [6, 6.07) is 6.22. The van der Waals surface area contributed by atoms with Crippen LogP contribution in [0.1, 0.15) is 10.4 Å². The topological polar surface area (TPSA) is 68.0 Å². The van der Waals surface area contributed by atoms with Crippen LogP contribution in [0.25, 0.3) is 0 Å². The van der Waals surface area contributed by atoms with Crippen LogP contribution in [-0.4, -0.2) is 10.9 Å². The summed E-state index contributed by atoms with van der Waals surface area (Å²) in [7, 11) is 0. The summed E-state index contributed by atoms with van der Waals surface area (Å²) < 4.78 is 26.7. The van der Waals surface area contributed by atoms with E-state index in [-0.39, 0.29) is 11.4 Å². The number of nitrogens with zero attached hydrogens (tertiary/aromatic N) is 1. The average Bonchev–Trinajstić information content (AvgIpc) is 2.34. The van der Waals surface area contributed by atoms with Gasteiger partial charge in [-0.1, -0.05) is 6.07 Å². The van der Waals surface area contributed by atoms with Gasteiger partial charge in [0, 0.05) is 6.20 Å². The van der Waals surface area contributed by atoms with E-state index in [0.29, 0.717) is 0 Å². The number of rotatable bonds is 2. The first-order valence-electron chi connectivity index (χ1n) is 5.05. The SMILES string of the molecule is Nc1ncccc1C(=O)Nc1c(F)cccc1F. The summed E-state index contributed by atoms with van der Waals surface area (Å²) in [5.41, 5.74) is 5.04. The molecule has 2 rings (SSSR count). The van der Waals surface area contributed by atoms with Gasteiger partial charge >= 0.3 is 0 Å². The second-order valence-corrected chi connectivity index (χ2v) is 3.49. The minimum atomic E-state index is -0.856. The summed E-state index contributed by atoms with van der Waals surface area (Å²) in [5.74, 6) is -2.44. The number of halogens is 2. The van der Waals surface area contributed by atoms with Gasteiger partial charge in [0.15, 0.2) is 0 Å². The second-order valence-electron chi connectivity index (χ2n) is 3.49. The molecule has 6 heteroatoms. The van der Waals surface area contributed by atoms with Crippen molar-refractivity contribution in [3.05, 3.63) is 53.7 Å². The molecule has 0 aliphatic carbocycles. The van der Waals surface area contributed by atoms with Crippen molar-refractivity contribution >= 4 is 17.4 Å². The van der Waals surface area contributed by atoms with Crippen molar-refractivity contribution in [3.63, 3.8) is 0 Å². The molecule has 92 valence electrons. The summed E-state index contributed by atoms with van der Waals surface area (Å²) in [6.07, 6.45) is 1.41. The molecule has 4 nitrogen and oxygen atoms in total. The first-order chi connectivity index (χ1) is 8.59. The Hall–Kier alpha value is -2.50. The van der Waals surface area contributed by atoms with Gasteiger partial charge in [0.1, 0.15) is 23.1 Å². The Morgan fingerprint density at radius 2 is 1.83 bits per heavy atom. The Labute approximate surface area is 101 Å². The standard InChI is InChI=1S/C12H9F2N3O/c13-8-4-1-5-9(14)10(8)17-12(18)7-3-2-6-16-11(7)15/h1-6H,(H2,15,16)(H,17,18). The molecule has 1 aromatic heterocycles. The molecular weight excluding hydrogens is 240 g/mol. The lowest BCUT2D eigenvalue weighted by Crippen LogP contribution is -2.16. The third kappa shape index (κ3) is 2.27. The van der Waals surface area contributed by atoms with Gasteiger partial charge in [-0.15, -0.1) is 0 Å². The fourth-order valence-electron chi connectivity index (χ4n) is 1.41. The van der Waals surface area contributed by atoms with Crippen LogP contribution >= 0.6 is 0 Å². The molecule has 3 N–H and O–H groups in total. The molecule has 0 aliphatic heterocycles. The van der Waals surface area contributed by atoms with Crippen LogP contribution in [0.3, 0.4) is 0 Å². The maximum atomic E-state index is 13.3. The smallest absolute Gasteiger partial charge is 0.259 e. The molecule has 0 saturated heterocycles. The van der Waals surface area contributed by atoms with Gasteiger partial charge in [-0.2, -0.15) is 0 Å². The molecule has 0 fully saturated rings. The average molecular weight is 249 g/mol. The molecule has 0 unspecified atom stereocenters. The van der Waals surface area contributed by atoms with Gasteiger partial charge in [0.25, 0.3) is 5.91 Å². The largest absolute Gasteiger partial charge is 0.383 e. The zero-order valence-electron chi connectivity index (χ0n) is 9.15. The van der Waals surface area contributed by atoms with E-state index in [1.54, 1.807) is 0 Å². The van der Waals surface area contributed by atoms with E-state index < -0.39 is 23.2 Å². The van der Waals surface area contributed by atoms with Crippen molar-refractivity contribution in [2.45, 2.75) is 0 Å². The van der Waals surface area contributed by atoms with E-state index in [9.17, 15) is 13.6 Å². The lowest BCUT2D eigenvalue weighted by Gasteiger charge is -2.08. The Morgan fingerprint density at radius 3 is 2.44 bits per heavy atom. The summed E-state index contributed by atoms with van der Waals surface area (Å²) in [4.78, 5) is 15.5. The van der Waals surface area contributed by atoms with Crippen LogP contribution < -0.4 is 11.1 Å². The second kappa shape index (κ2) is 4.79.